The molecule has 37 heavy (non-hydrogen) atoms. The highest BCUT2D eigenvalue weighted by Crippen LogP contribution is 2.36. The molecule has 5 rings (SSSR count). The van der Waals surface area contributed by atoms with E-state index in [0.717, 1.165) is 44.1 Å². The van der Waals surface area contributed by atoms with Crippen molar-refractivity contribution in [3.05, 3.63) is 77.4 Å². The Morgan fingerprint density at radius 2 is 2.03 bits per heavy atom. The summed E-state index contributed by atoms with van der Waals surface area (Å²) in [5.41, 5.74) is 4.94. The highest BCUT2D eigenvalue weighted by atomic mass is 16.6. The Labute approximate surface area is 215 Å². The minimum absolute atomic E-state index is 0.0242. The summed E-state index contributed by atoms with van der Waals surface area (Å²) in [6.07, 6.45) is 12.2. The average Bonchev–Trinajstić information content (AvgIpc) is 3.41. The summed E-state index contributed by atoms with van der Waals surface area (Å²) in [6, 6.07) is 11.6. The van der Waals surface area contributed by atoms with Crippen molar-refractivity contribution in [2.45, 2.75) is 44.4 Å². The van der Waals surface area contributed by atoms with Crippen LogP contribution in [0.25, 0.3) is 5.57 Å². The maximum Gasteiger partial charge on any atom is 0.419 e. The van der Waals surface area contributed by atoms with Gasteiger partial charge in [-0.3, -0.25) is 20.1 Å². The molecule has 0 radical (unpaired) electrons. The van der Waals surface area contributed by atoms with E-state index >= 15 is 0 Å². The zero-order chi connectivity index (χ0) is 25.6. The predicted octanol–water partition coefficient (Wildman–Crippen LogP) is 5.26. The highest BCUT2D eigenvalue weighted by Gasteiger charge is 2.26. The fourth-order valence-corrected chi connectivity index (χ4v) is 5.00. The first-order valence-electron chi connectivity index (χ1n) is 12.6. The minimum Gasteiger partial charge on any atom is -0.375 e. The fourth-order valence-electron chi connectivity index (χ4n) is 5.00. The van der Waals surface area contributed by atoms with E-state index in [0.29, 0.717) is 30.3 Å². The lowest BCUT2D eigenvalue weighted by atomic mass is 9.85. The number of carbonyl (C=O) groups excluding carboxylic acids is 2. The Bertz CT molecular complexity index is 1350. The largest absolute Gasteiger partial charge is 0.419 e. The third kappa shape index (κ3) is 5.70. The third-order valence-corrected chi connectivity index (χ3v) is 6.94. The van der Waals surface area contributed by atoms with Crippen LogP contribution in [-0.2, 0) is 0 Å². The first kappa shape index (κ1) is 24.3. The Kier molecular flexibility index (Phi) is 7.26. The number of ether oxygens (including phenoxy) is 1. The van der Waals surface area contributed by atoms with Crippen molar-refractivity contribution in [1.82, 2.24) is 19.9 Å². The van der Waals surface area contributed by atoms with Gasteiger partial charge in [-0.25, -0.2) is 9.78 Å². The Hall–Kier alpha value is -4.45. The molecule has 0 saturated carbocycles. The van der Waals surface area contributed by atoms with Crippen molar-refractivity contribution in [3.63, 3.8) is 0 Å². The van der Waals surface area contributed by atoms with Crippen LogP contribution in [0.5, 0.6) is 6.01 Å². The second kappa shape index (κ2) is 11.1. The summed E-state index contributed by atoms with van der Waals surface area (Å²) in [6.45, 7) is 1.38. The normalized spacial score (nSPS) is 16.0. The van der Waals surface area contributed by atoms with Gasteiger partial charge in [0.05, 0.1) is 17.4 Å². The molecule has 0 unspecified atom stereocenters. The topological polar surface area (TPSA) is 124 Å². The smallest absolute Gasteiger partial charge is 0.375 e. The predicted molar refractivity (Wildman–Crippen MR) is 138 cm³/mol. The molecule has 2 amide bonds. The molecule has 188 valence electrons. The standard InChI is InChI=1S/C28H28N6O3/c29-16-23-18-31-27(32-23)37-28(36)33-25-9-8-21(15-24(25)20-5-2-1-3-6-20)19-10-13-34(14-11-19)26(35)22-7-4-12-30-17-22/h4-5,7-9,12,15,17-19H,1-3,6,10-11,13-14H2,(H,31,32)(H,33,36). The SMILES string of the molecule is N#Cc1cnc(OC(=O)Nc2ccc(C3CCN(C(=O)c4cccnc4)CC3)cc2C2=CCCCC2)[nH]1. The molecule has 0 bridgehead atoms. The van der Waals surface area contributed by atoms with Crippen LogP contribution in [0.1, 0.15) is 71.6 Å². The number of allylic oxidation sites excluding steroid dienone is 2. The van der Waals surface area contributed by atoms with Crippen molar-refractivity contribution >= 4 is 23.3 Å². The number of imidazole rings is 1. The molecule has 0 spiro atoms. The summed E-state index contributed by atoms with van der Waals surface area (Å²) in [7, 11) is 0. The number of piperidine rings is 1. The van der Waals surface area contributed by atoms with Gasteiger partial charge in [-0.1, -0.05) is 12.1 Å². The lowest BCUT2D eigenvalue weighted by Gasteiger charge is -2.32. The van der Waals surface area contributed by atoms with Gasteiger partial charge in [0, 0.05) is 31.0 Å². The summed E-state index contributed by atoms with van der Waals surface area (Å²) >= 11 is 0. The maximum atomic E-state index is 12.8. The van der Waals surface area contributed by atoms with Gasteiger partial charge in [0.25, 0.3) is 5.91 Å². The number of rotatable bonds is 5. The second-order valence-corrected chi connectivity index (χ2v) is 9.32. The zero-order valence-corrected chi connectivity index (χ0v) is 20.4. The van der Waals surface area contributed by atoms with Crippen LogP contribution in [0, 0.1) is 11.3 Å². The van der Waals surface area contributed by atoms with E-state index in [1.807, 2.05) is 23.1 Å². The Morgan fingerprint density at radius 3 is 2.73 bits per heavy atom. The number of H-pyrrole nitrogens is 1. The molecule has 9 nitrogen and oxygen atoms in total. The lowest BCUT2D eigenvalue weighted by molar-refractivity contribution is 0.0712. The zero-order valence-electron chi connectivity index (χ0n) is 20.4. The van der Waals surface area contributed by atoms with E-state index in [9.17, 15) is 9.59 Å². The molecule has 0 atom stereocenters. The molecule has 2 aliphatic rings. The number of nitrogens with one attached hydrogen (secondary N) is 2. The van der Waals surface area contributed by atoms with Gasteiger partial charge in [-0.05, 0) is 79.8 Å². The van der Waals surface area contributed by atoms with E-state index in [1.54, 1.807) is 24.5 Å². The summed E-state index contributed by atoms with van der Waals surface area (Å²) in [4.78, 5) is 37.9. The van der Waals surface area contributed by atoms with E-state index in [1.165, 1.54) is 17.3 Å². The lowest BCUT2D eigenvalue weighted by Crippen LogP contribution is -2.38. The molecule has 1 aliphatic heterocycles. The summed E-state index contributed by atoms with van der Waals surface area (Å²) in [5, 5.41) is 11.8. The molecule has 2 aromatic heterocycles. The van der Waals surface area contributed by atoms with Crippen molar-refractivity contribution in [2.24, 2.45) is 0 Å². The Morgan fingerprint density at radius 1 is 1.16 bits per heavy atom. The molecular formula is C28H28N6O3. The van der Waals surface area contributed by atoms with Crippen molar-refractivity contribution in [2.75, 3.05) is 18.4 Å². The molecule has 1 aromatic carbocycles. The number of aromatic nitrogens is 3. The number of hydrogen-bond acceptors (Lipinski definition) is 6. The number of pyridine rings is 1. The van der Waals surface area contributed by atoms with Crippen LogP contribution >= 0.6 is 0 Å². The monoisotopic (exact) mass is 496 g/mol. The van der Waals surface area contributed by atoms with Gasteiger partial charge in [-0.2, -0.15) is 5.26 Å². The van der Waals surface area contributed by atoms with Crippen molar-refractivity contribution in [1.29, 1.82) is 5.26 Å². The molecular weight excluding hydrogens is 468 g/mol. The van der Waals surface area contributed by atoms with Gasteiger partial charge >= 0.3 is 12.1 Å². The van der Waals surface area contributed by atoms with Crippen LogP contribution in [0.2, 0.25) is 0 Å². The fraction of sp³-hybridized carbons (Fsp3) is 0.321. The van der Waals surface area contributed by atoms with Gasteiger partial charge in [-0.15, -0.1) is 0 Å². The second-order valence-electron chi connectivity index (χ2n) is 9.32. The summed E-state index contributed by atoms with van der Waals surface area (Å²) < 4.78 is 5.23. The molecule has 2 N–H and O–H groups in total. The molecule has 9 heteroatoms. The average molecular weight is 497 g/mol. The number of hydrogen-bond donors (Lipinski definition) is 2. The molecule has 1 aliphatic carbocycles. The quantitative estimate of drug-likeness (QED) is 0.496. The van der Waals surface area contributed by atoms with Crippen LogP contribution in [0.4, 0.5) is 10.5 Å². The van der Waals surface area contributed by atoms with Gasteiger partial charge in [0.1, 0.15) is 11.8 Å². The highest BCUT2D eigenvalue weighted by molar-refractivity contribution is 5.94. The van der Waals surface area contributed by atoms with E-state index in [2.05, 4.69) is 32.4 Å². The molecule has 3 aromatic rings. The number of benzene rings is 1. The number of nitrogens with zero attached hydrogens (tertiary/aromatic N) is 4. The van der Waals surface area contributed by atoms with Crippen LogP contribution in [-0.4, -0.2) is 44.9 Å². The molecule has 1 saturated heterocycles. The van der Waals surface area contributed by atoms with Gasteiger partial charge < -0.3 is 9.64 Å². The first-order chi connectivity index (χ1) is 18.1. The van der Waals surface area contributed by atoms with Crippen LogP contribution in [0.15, 0.2) is 55.0 Å². The van der Waals surface area contributed by atoms with E-state index in [4.69, 9.17) is 10.00 Å². The van der Waals surface area contributed by atoms with Crippen LogP contribution in [0.3, 0.4) is 0 Å². The third-order valence-electron chi connectivity index (χ3n) is 6.94. The van der Waals surface area contributed by atoms with Crippen molar-refractivity contribution < 1.29 is 14.3 Å². The number of amides is 2. The Balaban J connectivity index is 1.30. The summed E-state index contributed by atoms with van der Waals surface area (Å²) in [5.74, 6) is 0.352. The number of likely N-dealkylation sites (tertiary alicyclic amines) is 1. The number of carbonyl (C=O) groups is 2. The van der Waals surface area contributed by atoms with Crippen molar-refractivity contribution in [3.8, 4) is 12.1 Å². The number of anilines is 1. The molecule has 3 heterocycles. The number of aromatic amines is 1. The molecule has 1 fully saturated rings. The minimum atomic E-state index is -0.675. The van der Waals surface area contributed by atoms with Crippen LogP contribution < -0.4 is 10.1 Å². The van der Waals surface area contributed by atoms with Gasteiger partial charge in [0.15, 0.2) is 0 Å². The van der Waals surface area contributed by atoms with E-state index < -0.39 is 6.09 Å². The van der Waals surface area contributed by atoms with Gasteiger partial charge in [0.2, 0.25) is 0 Å². The maximum absolute atomic E-state index is 12.8. The number of nitriles is 1. The first-order valence-corrected chi connectivity index (χ1v) is 12.6. The van der Waals surface area contributed by atoms with E-state index in [-0.39, 0.29) is 17.6 Å².